The van der Waals surface area contributed by atoms with Crippen LogP contribution in [0.15, 0.2) is 42.5 Å². The van der Waals surface area contributed by atoms with Crippen LogP contribution in [0.4, 0.5) is 17.1 Å². The fraction of sp³-hybridized carbons (Fsp3) is 0.143. The van der Waals surface area contributed by atoms with Crippen molar-refractivity contribution in [1.82, 2.24) is 0 Å². The summed E-state index contributed by atoms with van der Waals surface area (Å²) in [5.41, 5.74) is 2.47. The van der Waals surface area contributed by atoms with Crippen LogP contribution in [0.5, 0.6) is 0 Å². The van der Waals surface area contributed by atoms with E-state index in [-0.39, 0.29) is 11.4 Å². The van der Waals surface area contributed by atoms with E-state index in [2.05, 4.69) is 5.32 Å². The Labute approximate surface area is 120 Å². The first-order valence-electron chi connectivity index (χ1n) is 6.19. The van der Waals surface area contributed by atoms with E-state index in [0.29, 0.717) is 12.2 Å². The van der Waals surface area contributed by atoms with Crippen molar-refractivity contribution in [3.63, 3.8) is 0 Å². The van der Waals surface area contributed by atoms with E-state index < -0.39 is 9.85 Å². The van der Waals surface area contributed by atoms with E-state index in [1.807, 2.05) is 6.92 Å². The fourth-order valence-electron chi connectivity index (χ4n) is 1.85. The van der Waals surface area contributed by atoms with E-state index in [1.54, 1.807) is 18.2 Å². The fourth-order valence-corrected chi connectivity index (χ4v) is 1.85. The number of anilines is 1. The van der Waals surface area contributed by atoms with Crippen LogP contribution in [0, 0.1) is 27.2 Å². The molecule has 0 fully saturated rings. The molecule has 0 saturated carbocycles. The summed E-state index contributed by atoms with van der Waals surface area (Å²) in [6.45, 7) is 2.28. The second-order valence-corrected chi connectivity index (χ2v) is 4.53. The largest absolute Gasteiger partial charge is 0.381 e. The summed E-state index contributed by atoms with van der Waals surface area (Å²) in [5, 5.41) is 24.4. The molecule has 21 heavy (non-hydrogen) atoms. The Morgan fingerprint density at radius 3 is 2.10 bits per heavy atom. The Balaban J connectivity index is 2.10. The Morgan fingerprint density at radius 2 is 1.52 bits per heavy atom. The zero-order valence-corrected chi connectivity index (χ0v) is 11.3. The summed E-state index contributed by atoms with van der Waals surface area (Å²) in [5.74, 6) is 0. The quantitative estimate of drug-likeness (QED) is 0.671. The summed E-state index contributed by atoms with van der Waals surface area (Å²) >= 11 is 0. The molecule has 0 radical (unpaired) electrons. The first kappa shape index (κ1) is 14.4. The van der Waals surface area contributed by atoms with Crippen molar-refractivity contribution in [2.24, 2.45) is 0 Å². The lowest BCUT2D eigenvalue weighted by atomic mass is 10.1. The van der Waals surface area contributed by atoms with E-state index in [1.165, 1.54) is 24.3 Å². The van der Waals surface area contributed by atoms with Crippen LogP contribution in [-0.4, -0.2) is 9.85 Å². The zero-order chi connectivity index (χ0) is 15.4. The molecule has 7 nitrogen and oxygen atoms in total. The predicted octanol–water partition coefficient (Wildman–Crippen LogP) is 3.42. The molecule has 0 aliphatic rings. The third-order valence-corrected chi connectivity index (χ3v) is 3.06. The van der Waals surface area contributed by atoms with Gasteiger partial charge in [-0.1, -0.05) is 18.2 Å². The number of non-ortho nitro benzene ring substituents is 2. The van der Waals surface area contributed by atoms with E-state index >= 15 is 0 Å². The molecule has 0 saturated heterocycles. The van der Waals surface area contributed by atoms with Crippen molar-refractivity contribution in [2.45, 2.75) is 13.5 Å². The van der Waals surface area contributed by atoms with Gasteiger partial charge >= 0.3 is 0 Å². The first-order valence-corrected chi connectivity index (χ1v) is 6.19. The smallest absolute Gasteiger partial charge is 0.271 e. The minimum Gasteiger partial charge on any atom is -0.381 e. The maximum atomic E-state index is 10.8. The molecule has 0 unspecified atom stereocenters. The lowest BCUT2D eigenvalue weighted by Crippen LogP contribution is -2.02. The summed E-state index contributed by atoms with van der Waals surface area (Å²) in [6.07, 6.45) is 0. The molecule has 0 heterocycles. The third kappa shape index (κ3) is 3.53. The summed E-state index contributed by atoms with van der Waals surface area (Å²) in [6, 6.07) is 10.8. The standard InChI is InChI=1S/C14H13N3O4/c1-10-2-5-13(17(20)21)8-14(10)15-9-11-3-6-12(7-4-11)16(18)19/h2-8,15H,9H2,1H3. The zero-order valence-electron chi connectivity index (χ0n) is 11.3. The highest BCUT2D eigenvalue weighted by molar-refractivity contribution is 5.57. The highest BCUT2D eigenvalue weighted by Crippen LogP contribution is 2.22. The van der Waals surface area contributed by atoms with Crippen molar-refractivity contribution in [3.05, 3.63) is 73.8 Å². The van der Waals surface area contributed by atoms with Crippen LogP contribution in [-0.2, 0) is 6.54 Å². The molecule has 2 rings (SSSR count). The van der Waals surface area contributed by atoms with Crippen LogP contribution < -0.4 is 5.32 Å². The van der Waals surface area contributed by atoms with Crippen molar-refractivity contribution in [3.8, 4) is 0 Å². The van der Waals surface area contributed by atoms with E-state index in [0.717, 1.165) is 11.1 Å². The van der Waals surface area contributed by atoms with Gasteiger partial charge < -0.3 is 5.32 Å². The van der Waals surface area contributed by atoms with Gasteiger partial charge in [-0.15, -0.1) is 0 Å². The SMILES string of the molecule is Cc1ccc([N+](=O)[O-])cc1NCc1ccc([N+](=O)[O-])cc1. The molecule has 0 aliphatic heterocycles. The average molecular weight is 287 g/mol. The van der Waals surface area contributed by atoms with Gasteiger partial charge in [-0.3, -0.25) is 20.2 Å². The highest BCUT2D eigenvalue weighted by atomic mass is 16.6. The Morgan fingerprint density at radius 1 is 0.952 bits per heavy atom. The number of nitro benzene ring substituents is 2. The maximum absolute atomic E-state index is 10.8. The average Bonchev–Trinajstić information content (AvgIpc) is 2.46. The number of nitrogens with zero attached hydrogens (tertiary/aromatic N) is 2. The number of hydrogen-bond donors (Lipinski definition) is 1. The third-order valence-electron chi connectivity index (χ3n) is 3.06. The van der Waals surface area contributed by atoms with Gasteiger partial charge in [0, 0.05) is 36.5 Å². The van der Waals surface area contributed by atoms with Crippen LogP contribution in [0.25, 0.3) is 0 Å². The molecule has 0 spiro atoms. The van der Waals surface area contributed by atoms with Gasteiger partial charge in [0.25, 0.3) is 11.4 Å². The first-order chi connectivity index (χ1) is 9.97. The lowest BCUT2D eigenvalue weighted by molar-refractivity contribution is -0.385. The topological polar surface area (TPSA) is 98.3 Å². The normalized spacial score (nSPS) is 10.1. The molecule has 0 atom stereocenters. The maximum Gasteiger partial charge on any atom is 0.271 e. The molecule has 2 aromatic carbocycles. The number of nitro groups is 2. The number of hydrogen-bond acceptors (Lipinski definition) is 5. The summed E-state index contributed by atoms with van der Waals surface area (Å²) in [7, 11) is 0. The van der Waals surface area contributed by atoms with Crippen molar-refractivity contribution in [1.29, 1.82) is 0 Å². The monoisotopic (exact) mass is 287 g/mol. The van der Waals surface area contributed by atoms with Crippen molar-refractivity contribution >= 4 is 17.1 Å². The molecule has 0 bridgehead atoms. The molecule has 108 valence electrons. The van der Waals surface area contributed by atoms with Gasteiger partial charge in [0.1, 0.15) is 0 Å². The van der Waals surface area contributed by atoms with E-state index in [9.17, 15) is 20.2 Å². The van der Waals surface area contributed by atoms with Crippen LogP contribution in [0.3, 0.4) is 0 Å². The minimum atomic E-state index is -0.456. The molecular formula is C14H13N3O4. The van der Waals surface area contributed by atoms with Crippen LogP contribution in [0.2, 0.25) is 0 Å². The van der Waals surface area contributed by atoms with Gasteiger partial charge in [0.2, 0.25) is 0 Å². The van der Waals surface area contributed by atoms with Gasteiger partial charge in [-0.25, -0.2) is 0 Å². The lowest BCUT2D eigenvalue weighted by Gasteiger charge is -2.09. The summed E-state index contributed by atoms with van der Waals surface area (Å²) in [4.78, 5) is 20.4. The number of benzene rings is 2. The number of aryl methyl sites for hydroxylation is 1. The van der Waals surface area contributed by atoms with Crippen LogP contribution in [0.1, 0.15) is 11.1 Å². The Bertz CT molecular complexity index is 683. The molecule has 0 amide bonds. The van der Waals surface area contributed by atoms with E-state index in [4.69, 9.17) is 0 Å². The second-order valence-electron chi connectivity index (χ2n) is 4.53. The molecule has 7 heteroatoms. The predicted molar refractivity (Wildman–Crippen MR) is 78.3 cm³/mol. The number of rotatable bonds is 5. The molecule has 0 aliphatic carbocycles. The van der Waals surface area contributed by atoms with Gasteiger partial charge in [-0.05, 0) is 18.1 Å². The second kappa shape index (κ2) is 6.00. The Kier molecular flexibility index (Phi) is 4.13. The number of nitrogens with one attached hydrogen (secondary N) is 1. The van der Waals surface area contributed by atoms with Gasteiger partial charge in [0.15, 0.2) is 0 Å². The molecule has 2 aromatic rings. The Hall–Kier alpha value is -2.96. The van der Waals surface area contributed by atoms with Crippen LogP contribution >= 0.6 is 0 Å². The molecule has 0 aromatic heterocycles. The van der Waals surface area contributed by atoms with Crippen molar-refractivity contribution < 1.29 is 9.85 Å². The van der Waals surface area contributed by atoms with Gasteiger partial charge in [0.05, 0.1) is 9.85 Å². The minimum absolute atomic E-state index is 0.0202. The molecule has 1 N–H and O–H groups in total. The molecular weight excluding hydrogens is 274 g/mol. The van der Waals surface area contributed by atoms with Crippen molar-refractivity contribution in [2.75, 3.05) is 5.32 Å². The highest BCUT2D eigenvalue weighted by Gasteiger charge is 2.09. The summed E-state index contributed by atoms with van der Waals surface area (Å²) < 4.78 is 0. The van der Waals surface area contributed by atoms with Gasteiger partial charge in [-0.2, -0.15) is 0 Å².